The minimum Gasteiger partial charge on any atom is -0.479 e. The van der Waals surface area contributed by atoms with Crippen LogP contribution in [0.5, 0.6) is 0 Å². The van der Waals surface area contributed by atoms with Crippen LogP contribution in [0.3, 0.4) is 0 Å². The van der Waals surface area contributed by atoms with Crippen LogP contribution in [0, 0.1) is 5.41 Å². The number of hydrogen-bond donors (Lipinski definition) is 2. The summed E-state index contributed by atoms with van der Waals surface area (Å²) < 4.78 is 5.61. The Morgan fingerprint density at radius 1 is 1.25 bits per heavy atom. The number of nitrogens with zero attached hydrogens (tertiary/aromatic N) is 1. The summed E-state index contributed by atoms with van der Waals surface area (Å²) in [4.78, 5) is 38.0. The minimum atomic E-state index is -1.36. The Morgan fingerprint density at radius 2 is 1.89 bits per heavy atom. The van der Waals surface area contributed by atoms with Gasteiger partial charge in [0.2, 0.25) is 11.8 Å². The molecule has 2 atom stereocenters. The van der Waals surface area contributed by atoms with E-state index in [1.807, 2.05) is 37.3 Å². The van der Waals surface area contributed by atoms with E-state index in [0.717, 1.165) is 5.56 Å². The molecule has 0 aliphatic heterocycles. The van der Waals surface area contributed by atoms with Gasteiger partial charge in [0, 0.05) is 44.9 Å². The van der Waals surface area contributed by atoms with Crippen LogP contribution >= 0.6 is 0 Å². The topological polar surface area (TPSA) is 95.9 Å². The van der Waals surface area contributed by atoms with Crippen molar-refractivity contribution in [2.75, 3.05) is 13.2 Å². The van der Waals surface area contributed by atoms with E-state index in [2.05, 4.69) is 5.32 Å². The van der Waals surface area contributed by atoms with Crippen LogP contribution in [0.2, 0.25) is 0 Å². The fourth-order valence-electron chi connectivity index (χ4n) is 3.73. The molecule has 0 aromatic heterocycles. The largest absolute Gasteiger partial charge is 0.479 e. The predicted molar refractivity (Wildman–Crippen MR) is 104 cm³/mol. The zero-order valence-corrected chi connectivity index (χ0v) is 17.0. The van der Waals surface area contributed by atoms with Crippen LogP contribution in [0.4, 0.5) is 0 Å². The number of nitrogens with one attached hydrogen (secondary N) is 1. The number of carboxylic acids is 1. The first-order valence-corrected chi connectivity index (χ1v) is 9.59. The average molecular weight is 390 g/mol. The van der Waals surface area contributed by atoms with E-state index in [1.54, 1.807) is 18.7 Å². The lowest BCUT2D eigenvalue weighted by atomic mass is 9.54. The molecule has 28 heavy (non-hydrogen) atoms. The summed E-state index contributed by atoms with van der Waals surface area (Å²) in [6.07, 6.45) is 0.0484. The van der Waals surface area contributed by atoms with Crippen molar-refractivity contribution in [3.63, 3.8) is 0 Å². The summed E-state index contributed by atoms with van der Waals surface area (Å²) in [6, 6.07) is 9.52. The van der Waals surface area contributed by atoms with E-state index in [-0.39, 0.29) is 37.3 Å². The van der Waals surface area contributed by atoms with Gasteiger partial charge >= 0.3 is 5.97 Å². The number of ether oxygens (including phenoxy) is 1. The molecule has 1 aromatic rings. The zero-order valence-electron chi connectivity index (χ0n) is 17.0. The van der Waals surface area contributed by atoms with Crippen LogP contribution in [-0.2, 0) is 25.7 Å². The van der Waals surface area contributed by atoms with Crippen molar-refractivity contribution in [3.8, 4) is 0 Å². The maximum atomic E-state index is 12.5. The molecule has 0 bridgehead atoms. The smallest absolute Gasteiger partial charge is 0.330 e. The van der Waals surface area contributed by atoms with Crippen molar-refractivity contribution in [1.29, 1.82) is 0 Å². The van der Waals surface area contributed by atoms with E-state index in [4.69, 9.17) is 4.74 Å². The number of hydrogen-bond acceptors (Lipinski definition) is 4. The molecule has 0 saturated heterocycles. The number of carboxylic acid groups (broad SMARTS) is 1. The van der Waals surface area contributed by atoms with Gasteiger partial charge < -0.3 is 20.1 Å². The summed E-state index contributed by atoms with van der Waals surface area (Å²) in [5, 5.41) is 12.5. The minimum absolute atomic E-state index is 0.0385. The van der Waals surface area contributed by atoms with Gasteiger partial charge in [-0.1, -0.05) is 44.2 Å². The van der Waals surface area contributed by atoms with Gasteiger partial charge in [-0.3, -0.25) is 9.59 Å². The third kappa shape index (κ3) is 4.35. The van der Waals surface area contributed by atoms with Gasteiger partial charge in [-0.2, -0.15) is 0 Å². The molecule has 2 unspecified atom stereocenters. The molecule has 1 saturated carbocycles. The van der Waals surface area contributed by atoms with Crippen molar-refractivity contribution in [2.24, 2.45) is 5.41 Å². The van der Waals surface area contributed by atoms with E-state index < -0.39 is 16.9 Å². The Morgan fingerprint density at radius 3 is 2.39 bits per heavy atom. The Kier molecular flexibility index (Phi) is 6.82. The molecule has 1 aliphatic rings. The van der Waals surface area contributed by atoms with Gasteiger partial charge in [-0.05, 0) is 12.5 Å². The SMILES string of the molecule is CCOC1CC(NC(=O)CCN(Cc2ccccc2)C(C)=O)(C(=O)O)C1(C)C. The second-order valence-corrected chi connectivity index (χ2v) is 7.80. The van der Waals surface area contributed by atoms with Crippen molar-refractivity contribution in [3.05, 3.63) is 35.9 Å². The Bertz CT molecular complexity index is 719. The molecule has 154 valence electrons. The molecule has 2 amide bonds. The summed E-state index contributed by atoms with van der Waals surface area (Å²) in [7, 11) is 0. The lowest BCUT2D eigenvalue weighted by molar-refractivity contribution is -0.194. The molecule has 2 N–H and O–H groups in total. The second kappa shape index (κ2) is 8.73. The Balaban J connectivity index is 1.99. The molecule has 1 aromatic carbocycles. The highest BCUT2D eigenvalue weighted by Gasteiger charge is 2.66. The third-order valence-corrected chi connectivity index (χ3v) is 5.75. The number of amides is 2. The van der Waals surface area contributed by atoms with Crippen LogP contribution in [0.1, 0.15) is 46.1 Å². The zero-order chi connectivity index (χ0) is 20.9. The van der Waals surface area contributed by atoms with Gasteiger partial charge in [0.05, 0.1) is 6.10 Å². The highest BCUT2D eigenvalue weighted by molar-refractivity contribution is 5.89. The standard InChI is InChI=1S/C21H30N2O5/c1-5-28-17-13-21(19(26)27,20(17,3)4)22-18(25)11-12-23(15(2)24)14-16-9-7-6-8-10-16/h6-10,17H,5,11-14H2,1-4H3,(H,22,25)(H,26,27). The first kappa shape index (κ1) is 21.9. The molecule has 7 nitrogen and oxygen atoms in total. The monoisotopic (exact) mass is 390 g/mol. The fraction of sp³-hybridized carbons (Fsp3) is 0.571. The van der Waals surface area contributed by atoms with Crippen LogP contribution in [0.25, 0.3) is 0 Å². The lowest BCUT2D eigenvalue weighted by Gasteiger charge is -2.58. The maximum Gasteiger partial charge on any atom is 0.330 e. The van der Waals surface area contributed by atoms with Crippen molar-refractivity contribution in [1.82, 2.24) is 10.2 Å². The number of carbonyl (C=O) groups is 3. The molecule has 0 heterocycles. The van der Waals surface area contributed by atoms with E-state index in [9.17, 15) is 19.5 Å². The summed E-state index contributed by atoms with van der Waals surface area (Å²) in [5.74, 6) is -1.58. The van der Waals surface area contributed by atoms with Gasteiger partial charge in [-0.25, -0.2) is 4.79 Å². The van der Waals surface area contributed by atoms with Crippen molar-refractivity contribution < 1.29 is 24.2 Å². The molecular formula is C21H30N2O5. The van der Waals surface area contributed by atoms with Crippen molar-refractivity contribution in [2.45, 2.75) is 58.7 Å². The van der Waals surface area contributed by atoms with E-state index >= 15 is 0 Å². The number of benzene rings is 1. The number of aliphatic carboxylic acids is 1. The molecule has 7 heteroatoms. The molecule has 2 rings (SSSR count). The molecule has 0 spiro atoms. The van der Waals surface area contributed by atoms with E-state index in [1.165, 1.54) is 6.92 Å². The fourth-order valence-corrected chi connectivity index (χ4v) is 3.73. The Labute approximate surface area is 166 Å². The van der Waals surface area contributed by atoms with Crippen LogP contribution in [-0.4, -0.2) is 52.6 Å². The lowest BCUT2D eigenvalue weighted by Crippen LogP contribution is -2.76. The van der Waals surface area contributed by atoms with Gasteiger partial charge in [0.1, 0.15) is 5.54 Å². The number of carbonyl (C=O) groups excluding carboxylic acids is 2. The van der Waals surface area contributed by atoms with Crippen LogP contribution in [0.15, 0.2) is 30.3 Å². The highest BCUT2D eigenvalue weighted by atomic mass is 16.5. The first-order valence-electron chi connectivity index (χ1n) is 9.59. The molecular weight excluding hydrogens is 360 g/mol. The number of rotatable bonds is 9. The summed E-state index contributed by atoms with van der Waals surface area (Å²) >= 11 is 0. The van der Waals surface area contributed by atoms with Gasteiger partial charge in [0.25, 0.3) is 0 Å². The predicted octanol–water partition coefficient (Wildman–Crippen LogP) is 2.20. The highest BCUT2D eigenvalue weighted by Crippen LogP contribution is 2.51. The quantitative estimate of drug-likeness (QED) is 0.674. The molecule has 0 radical (unpaired) electrons. The summed E-state index contributed by atoms with van der Waals surface area (Å²) in [5.41, 5.74) is -1.11. The van der Waals surface area contributed by atoms with E-state index in [0.29, 0.717) is 13.2 Å². The average Bonchev–Trinajstić information content (AvgIpc) is 2.64. The van der Waals surface area contributed by atoms with Gasteiger partial charge in [0.15, 0.2) is 0 Å². The third-order valence-electron chi connectivity index (χ3n) is 5.75. The van der Waals surface area contributed by atoms with Crippen molar-refractivity contribution >= 4 is 17.8 Å². The first-order chi connectivity index (χ1) is 13.1. The second-order valence-electron chi connectivity index (χ2n) is 7.80. The molecule has 1 fully saturated rings. The normalized spacial score (nSPS) is 22.8. The Hall–Kier alpha value is -2.41. The molecule has 1 aliphatic carbocycles. The maximum absolute atomic E-state index is 12.5. The summed E-state index contributed by atoms with van der Waals surface area (Å²) in [6.45, 7) is 8.03. The van der Waals surface area contributed by atoms with Crippen LogP contribution < -0.4 is 5.32 Å². The van der Waals surface area contributed by atoms with Gasteiger partial charge in [-0.15, -0.1) is 0 Å².